The summed E-state index contributed by atoms with van der Waals surface area (Å²) in [5.41, 5.74) is 2.07. The summed E-state index contributed by atoms with van der Waals surface area (Å²) in [4.78, 5) is 4.48. The third kappa shape index (κ3) is 4.10. The lowest BCUT2D eigenvalue weighted by atomic mass is 10.1. The number of pyridine rings is 1. The van der Waals surface area contributed by atoms with Crippen molar-refractivity contribution in [3.8, 4) is 5.75 Å². The number of anilines is 1. The molecule has 1 aliphatic rings. The average molecular weight is 299 g/mol. The van der Waals surface area contributed by atoms with Crippen molar-refractivity contribution in [1.82, 2.24) is 10.3 Å². The molecule has 1 aromatic heterocycles. The molecular weight excluding hydrogens is 274 g/mol. The Morgan fingerprint density at radius 2 is 2.05 bits per heavy atom. The van der Waals surface area contributed by atoms with Gasteiger partial charge in [-0.15, -0.1) is 0 Å². The van der Waals surface area contributed by atoms with Crippen LogP contribution in [0, 0.1) is 0 Å². The van der Waals surface area contributed by atoms with E-state index >= 15 is 0 Å². The zero-order valence-corrected chi connectivity index (χ0v) is 13.3. The quantitative estimate of drug-likeness (QED) is 0.695. The fraction of sp³-hybridized carbons (Fsp3) is 0.500. The van der Waals surface area contributed by atoms with Gasteiger partial charge in [-0.3, -0.25) is 4.98 Å². The van der Waals surface area contributed by atoms with E-state index in [9.17, 15) is 0 Å². The maximum atomic E-state index is 5.37. The summed E-state index contributed by atoms with van der Waals surface area (Å²) in [6.07, 6.45) is 8.27. The molecule has 0 aliphatic heterocycles. The van der Waals surface area contributed by atoms with E-state index in [4.69, 9.17) is 4.74 Å². The Hall–Kier alpha value is -1.81. The number of hydrogen-bond acceptors (Lipinski definition) is 4. The van der Waals surface area contributed by atoms with Gasteiger partial charge in [0.25, 0.3) is 0 Å². The molecule has 0 saturated heterocycles. The minimum atomic E-state index is 0.826. The molecule has 1 fully saturated rings. The van der Waals surface area contributed by atoms with Gasteiger partial charge in [0, 0.05) is 30.2 Å². The lowest BCUT2D eigenvalue weighted by Gasteiger charge is -2.11. The SMILES string of the molecule is COc1cc(NCCCCCNC2CC2)c2ncccc2c1. The first kappa shape index (κ1) is 15.1. The molecule has 3 rings (SSSR count). The van der Waals surface area contributed by atoms with Gasteiger partial charge < -0.3 is 15.4 Å². The molecule has 1 heterocycles. The normalized spacial score (nSPS) is 14.2. The summed E-state index contributed by atoms with van der Waals surface area (Å²) >= 11 is 0. The Balaban J connectivity index is 1.49. The molecule has 1 aromatic carbocycles. The number of ether oxygens (including phenoxy) is 1. The van der Waals surface area contributed by atoms with Crippen LogP contribution in [0.15, 0.2) is 30.5 Å². The van der Waals surface area contributed by atoms with Crippen molar-refractivity contribution in [2.45, 2.75) is 38.1 Å². The number of fused-ring (bicyclic) bond motifs is 1. The van der Waals surface area contributed by atoms with Crippen LogP contribution >= 0.6 is 0 Å². The van der Waals surface area contributed by atoms with Crippen molar-refractivity contribution in [3.63, 3.8) is 0 Å². The van der Waals surface area contributed by atoms with E-state index in [0.29, 0.717) is 0 Å². The number of benzene rings is 1. The molecule has 0 amide bonds. The highest BCUT2D eigenvalue weighted by Crippen LogP contribution is 2.27. The van der Waals surface area contributed by atoms with E-state index in [1.165, 1.54) is 32.1 Å². The number of nitrogens with zero attached hydrogens (tertiary/aromatic N) is 1. The first-order valence-corrected chi connectivity index (χ1v) is 8.27. The van der Waals surface area contributed by atoms with Gasteiger partial charge in [-0.05, 0) is 44.4 Å². The maximum absolute atomic E-state index is 5.37. The van der Waals surface area contributed by atoms with E-state index in [0.717, 1.165) is 41.5 Å². The van der Waals surface area contributed by atoms with E-state index in [2.05, 4.69) is 21.7 Å². The zero-order valence-electron chi connectivity index (χ0n) is 13.3. The molecule has 4 heteroatoms. The highest BCUT2D eigenvalue weighted by atomic mass is 16.5. The van der Waals surface area contributed by atoms with E-state index in [-0.39, 0.29) is 0 Å². The maximum Gasteiger partial charge on any atom is 0.121 e. The van der Waals surface area contributed by atoms with Gasteiger partial charge >= 0.3 is 0 Å². The summed E-state index contributed by atoms with van der Waals surface area (Å²) < 4.78 is 5.37. The number of unbranched alkanes of at least 4 members (excludes halogenated alkanes) is 2. The highest BCUT2D eigenvalue weighted by Gasteiger charge is 2.19. The van der Waals surface area contributed by atoms with Crippen LogP contribution in [0.3, 0.4) is 0 Å². The second-order valence-corrected chi connectivity index (χ2v) is 5.97. The Labute approximate surface area is 132 Å². The van der Waals surface area contributed by atoms with Gasteiger partial charge in [0.05, 0.1) is 18.3 Å². The van der Waals surface area contributed by atoms with Gasteiger partial charge in [-0.25, -0.2) is 0 Å². The first-order chi connectivity index (χ1) is 10.9. The number of aromatic nitrogens is 1. The topological polar surface area (TPSA) is 46.2 Å². The van der Waals surface area contributed by atoms with E-state index in [1.807, 2.05) is 24.4 Å². The van der Waals surface area contributed by atoms with Crippen molar-refractivity contribution in [1.29, 1.82) is 0 Å². The molecule has 22 heavy (non-hydrogen) atoms. The smallest absolute Gasteiger partial charge is 0.121 e. The summed E-state index contributed by atoms with van der Waals surface area (Å²) in [5, 5.41) is 8.18. The standard InChI is InChI=1S/C18H25N3O/c1-22-16-12-14-6-5-11-21-18(14)17(13-16)20-10-4-2-3-9-19-15-7-8-15/h5-6,11-13,15,19-20H,2-4,7-10H2,1H3. The van der Waals surface area contributed by atoms with Crippen LogP contribution in [0.25, 0.3) is 10.9 Å². The molecule has 4 nitrogen and oxygen atoms in total. The summed E-state index contributed by atoms with van der Waals surface area (Å²) in [7, 11) is 1.70. The number of methoxy groups -OCH3 is 1. The van der Waals surface area contributed by atoms with Gasteiger partial charge in [0.15, 0.2) is 0 Å². The van der Waals surface area contributed by atoms with Crippen LogP contribution < -0.4 is 15.4 Å². The summed E-state index contributed by atoms with van der Waals surface area (Å²) in [5.74, 6) is 0.872. The molecule has 0 spiro atoms. The Bertz CT molecular complexity index is 610. The van der Waals surface area contributed by atoms with Gasteiger partial charge in [0.1, 0.15) is 5.75 Å². The van der Waals surface area contributed by atoms with Gasteiger partial charge in [0.2, 0.25) is 0 Å². The molecule has 1 aliphatic carbocycles. The molecule has 2 aromatic rings. The molecule has 1 saturated carbocycles. The van der Waals surface area contributed by atoms with Crippen molar-refractivity contribution in [3.05, 3.63) is 30.5 Å². The molecular formula is C18H25N3O. The molecule has 0 unspecified atom stereocenters. The third-order valence-corrected chi connectivity index (χ3v) is 4.09. The van der Waals surface area contributed by atoms with Crippen LogP contribution in [-0.2, 0) is 0 Å². The van der Waals surface area contributed by atoms with Crippen LogP contribution in [0.5, 0.6) is 5.75 Å². The minimum absolute atomic E-state index is 0.826. The molecule has 0 atom stereocenters. The van der Waals surface area contributed by atoms with Gasteiger partial charge in [-0.2, -0.15) is 0 Å². The largest absolute Gasteiger partial charge is 0.497 e. The van der Waals surface area contributed by atoms with E-state index in [1.54, 1.807) is 7.11 Å². The fourth-order valence-corrected chi connectivity index (χ4v) is 2.66. The minimum Gasteiger partial charge on any atom is -0.497 e. The van der Waals surface area contributed by atoms with E-state index < -0.39 is 0 Å². The van der Waals surface area contributed by atoms with Crippen molar-refractivity contribution < 1.29 is 4.74 Å². The van der Waals surface area contributed by atoms with Gasteiger partial charge in [-0.1, -0.05) is 12.5 Å². The van der Waals surface area contributed by atoms with Crippen LogP contribution in [-0.4, -0.2) is 31.2 Å². The number of rotatable bonds is 9. The Morgan fingerprint density at radius 1 is 1.18 bits per heavy atom. The lowest BCUT2D eigenvalue weighted by molar-refractivity contribution is 0.415. The number of nitrogens with one attached hydrogen (secondary N) is 2. The van der Waals surface area contributed by atoms with Crippen molar-refractivity contribution in [2.24, 2.45) is 0 Å². The Morgan fingerprint density at radius 3 is 2.86 bits per heavy atom. The second kappa shape index (κ2) is 7.45. The summed E-state index contributed by atoms with van der Waals surface area (Å²) in [6, 6.07) is 8.91. The van der Waals surface area contributed by atoms with Crippen LogP contribution in [0.4, 0.5) is 5.69 Å². The lowest BCUT2D eigenvalue weighted by Crippen LogP contribution is -2.17. The van der Waals surface area contributed by atoms with Crippen molar-refractivity contribution >= 4 is 16.6 Å². The predicted molar refractivity (Wildman–Crippen MR) is 91.7 cm³/mol. The molecule has 0 radical (unpaired) electrons. The molecule has 118 valence electrons. The first-order valence-electron chi connectivity index (χ1n) is 8.27. The molecule has 0 bridgehead atoms. The summed E-state index contributed by atoms with van der Waals surface area (Å²) in [6.45, 7) is 2.14. The van der Waals surface area contributed by atoms with Crippen LogP contribution in [0.1, 0.15) is 32.1 Å². The fourth-order valence-electron chi connectivity index (χ4n) is 2.66. The Kier molecular flexibility index (Phi) is 5.11. The highest BCUT2D eigenvalue weighted by molar-refractivity contribution is 5.91. The molecule has 2 N–H and O–H groups in total. The zero-order chi connectivity index (χ0) is 15.2. The average Bonchev–Trinajstić information content (AvgIpc) is 3.37. The van der Waals surface area contributed by atoms with Crippen molar-refractivity contribution in [2.75, 3.05) is 25.5 Å². The predicted octanol–water partition coefficient (Wildman–Crippen LogP) is 3.58. The monoisotopic (exact) mass is 299 g/mol. The van der Waals surface area contributed by atoms with Crippen LogP contribution in [0.2, 0.25) is 0 Å². The second-order valence-electron chi connectivity index (χ2n) is 5.97. The third-order valence-electron chi connectivity index (χ3n) is 4.09. The number of hydrogen-bond donors (Lipinski definition) is 2.